The molecule has 1 aliphatic carbocycles. The number of rotatable bonds is 5. The summed E-state index contributed by atoms with van der Waals surface area (Å²) in [6.45, 7) is 3.53. The average Bonchev–Trinajstić information content (AvgIpc) is 3.17. The fourth-order valence-electron chi connectivity index (χ4n) is 3.44. The highest BCUT2D eigenvalue weighted by Crippen LogP contribution is 2.60. The van der Waals surface area contributed by atoms with E-state index in [1.54, 1.807) is 0 Å². The molecular weight excluding hydrogens is 520 g/mol. The first-order valence-electron chi connectivity index (χ1n) is 8.65. The maximum absolute atomic E-state index is 14.8. The van der Waals surface area contributed by atoms with Crippen molar-refractivity contribution in [3.63, 3.8) is 0 Å². The summed E-state index contributed by atoms with van der Waals surface area (Å²) in [6, 6.07) is 5.62. The number of carbonyl (C=O) groups excluding carboxylic acids is 1. The van der Waals surface area contributed by atoms with E-state index >= 15 is 0 Å². The lowest BCUT2D eigenvalue weighted by atomic mass is 10.0. The molecule has 0 N–H and O–H groups in total. The first kappa shape index (κ1) is 22.0. The lowest BCUT2D eigenvalue weighted by molar-refractivity contribution is -0.147. The summed E-state index contributed by atoms with van der Waals surface area (Å²) in [7, 11) is 0. The minimum absolute atomic E-state index is 0.0231. The largest absolute Gasteiger partial charge is 0.460 e. The number of halogens is 6. The summed E-state index contributed by atoms with van der Waals surface area (Å²) in [5.41, 5.74) is -0.504. The monoisotopic (exact) mass is 534 g/mol. The minimum atomic E-state index is -1.62. The summed E-state index contributed by atoms with van der Waals surface area (Å²) in [6.07, 6.45) is 1.87. The van der Waals surface area contributed by atoms with Crippen molar-refractivity contribution in [3.05, 3.63) is 68.6 Å². The number of hydrogen-bond acceptors (Lipinski definition) is 2. The first-order chi connectivity index (χ1) is 13.5. The van der Waals surface area contributed by atoms with E-state index in [0.29, 0.717) is 12.1 Å². The number of benzene rings is 2. The normalized spacial score (nSPS) is 19.6. The highest BCUT2D eigenvalue weighted by molar-refractivity contribution is 9.28. The van der Waals surface area contributed by atoms with Crippen molar-refractivity contribution in [2.24, 2.45) is 17.3 Å². The minimum Gasteiger partial charge on any atom is -0.460 e. The maximum atomic E-state index is 14.8. The zero-order chi connectivity index (χ0) is 21.5. The van der Waals surface area contributed by atoms with Gasteiger partial charge < -0.3 is 4.74 Å². The highest BCUT2D eigenvalue weighted by atomic mass is 79.9. The summed E-state index contributed by atoms with van der Waals surface area (Å²) in [5.74, 6) is -6.08. The molecule has 2 aromatic carbocycles. The van der Waals surface area contributed by atoms with Crippen LogP contribution in [0.2, 0.25) is 0 Å². The molecule has 29 heavy (non-hydrogen) atoms. The van der Waals surface area contributed by atoms with Crippen molar-refractivity contribution in [1.29, 1.82) is 0 Å². The lowest BCUT2D eigenvalue weighted by Crippen LogP contribution is -2.11. The average molecular weight is 536 g/mol. The van der Waals surface area contributed by atoms with Gasteiger partial charge in [-0.2, -0.15) is 0 Å². The van der Waals surface area contributed by atoms with Crippen LogP contribution in [-0.2, 0) is 16.1 Å². The Kier molecular flexibility index (Phi) is 6.24. The molecule has 0 amide bonds. The molecule has 0 unspecified atom stereocenters. The molecule has 0 spiro atoms. The zero-order valence-electron chi connectivity index (χ0n) is 15.4. The second-order valence-electron chi connectivity index (χ2n) is 7.42. The first-order valence-corrected chi connectivity index (χ1v) is 10.2. The van der Waals surface area contributed by atoms with E-state index in [1.165, 1.54) is 18.2 Å². The predicted octanol–water partition coefficient (Wildman–Crippen LogP) is 6.86. The molecule has 1 fully saturated rings. The molecule has 2 nitrogen and oxygen atoms in total. The number of esters is 1. The van der Waals surface area contributed by atoms with E-state index < -0.39 is 29.2 Å². The van der Waals surface area contributed by atoms with E-state index in [0.717, 1.165) is 3.39 Å². The molecule has 0 aromatic heterocycles. The van der Waals surface area contributed by atoms with Crippen molar-refractivity contribution in [1.82, 2.24) is 0 Å². The molecule has 0 radical (unpaired) electrons. The van der Waals surface area contributed by atoms with Gasteiger partial charge in [0.15, 0.2) is 17.5 Å². The number of ether oxygens (including phenoxy) is 1. The van der Waals surface area contributed by atoms with Crippen LogP contribution in [0, 0.1) is 40.5 Å². The summed E-state index contributed by atoms with van der Waals surface area (Å²) >= 11 is 6.54. The maximum Gasteiger partial charge on any atom is 0.310 e. The summed E-state index contributed by atoms with van der Waals surface area (Å²) < 4.78 is 61.0. The smallest absolute Gasteiger partial charge is 0.310 e. The van der Waals surface area contributed by atoms with Crippen LogP contribution >= 0.6 is 31.9 Å². The van der Waals surface area contributed by atoms with Crippen LogP contribution in [0.5, 0.6) is 0 Å². The Hall–Kier alpha value is -1.67. The standard InChI is InChI=1S/C21H16Br2F4O2/c1-21(2)13(8-16(22)23)17(21)20(28)29-9-10-4-3-5-12(18(10)26)11-6-14(24)19(27)15(25)7-11/h3-8,13,17H,9H2,1-2H3/t13-,17-/m0/s1. The van der Waals surface area contributed by atoms with Gasteiger partial charge in [0.2, 0.25) is 0 Å². The number of allylic oxidation sites excluding steroid dienone is 1. The zero-order valence-corrected chi connectivity index (χ0v) is 18.6. The number of carbonyl (C=O) groups is 1. The van der Waals surface area contributed by atoms with Gasteiger partial charge in [-0.05, 0) is 60.9 Å². The van der Waals surface area contributed by atoms with E-state index in [1.807, 2.05) is 19.9 Å². The van der Waals surface area contributed by atoms with E-state index in [-0.39, 0.29) is 40.5 Å². The Labute approximate surface area is 182 Å². The molecule has 0 aliphatic heterocycles. The molecule has 3 rings (SSSR count). The Bertz CT molecular complexity index is 977. The van der Waals surface area contributed by atoms with Crippen molar-refractivity contribution in [2.45, 2.75) is 20.5 Å². The third kappa shape index (κ3) is 4.43. The fraction of sp³-hybridized carbons (Fsp3) is 0.286. The van der Waals surface area contributed by atoms with Crippen LogP contribution in [0.4, 0.5) is 17.6 Å². The van der Waals surface area contributed by atoms with Gasteiger partial charge in [-0.1, -0.05) is 38.1 Å². The second kappa shape index (κ2) is 8.22. The van der Waals surface area contributed by atoms with Gasteiger partial charge in [0.1, 0.15) is 12.4 Å². The van der Waals surface area contributed by atoms with Gasteiger partial charge >= 0.3 is 5.97 Å². The quantitative estimate of drug-likeness (QED) is 0.237. The summed E-state index contributed by atoms with van der Waals surface area (Å²) in [4.78, 5) is 12.4. The molecule has 8 heteroatoms. The van der Waals surface area contributed by atoms with Gasteiger partial charge in [0.05, 0.1) is 9.31 Å². The Morgan fingerprint density at radius 3 is 2.31 bits per heavy atom. The van der Waals surface area contributed by atoms with Crippen molar-refractivity contribution in [3.8, 4) is 11.1 Å². The van der Waals surface area contributed by atoms with Crippen LogP contribution < -0.4 is 0 Å². The fourth-order valence-corrected chi connectivity index (χ4v) is 4.01. The van der Waals surface area contributed by atoms with Crippen LogP contribution in [0.25, 0.3) is 11.1 Å². The van der Waals surface area contributed by atoms with Crippen LogP contribution in [0.15, 0.2) is 39.8 Å². The highest BCUT2D eigenvalue weighted by Gasteiger charge is 2.61. The molecule has 0 heterocycles. The molecule has 1 aliphatic rings. The third-order valence-corrected chi connectivity index (χ3v) is 5.74. The van der Waals surface area contributed by atoms with E-state index in [9.17, 15) is 22.4 Å². The summed E-state index contributed by atoms with van der Waals surface area (Å²) in [5, 5.41) is 0. The second-order valence-corrected chi connectivity index (χ2v) is 10.2. The van der Waals surface area contributed by atoms with E-state index in [4.69, 9.17) is 4.74 Å². The van der Waals surface area contributed by atoms with Gasteiger partial charge in [-0.15, -0.1) is 0 Å². The molecule has 0 bridgehead atoms. The SMILES string of the molecule is CC1(C)[C@H](C(=O)OCc2cccc(-c3cc(F)c(F)c(F)c3)c2F)[C@@H]1C=C(Br)Br. The molecule has 1 saturated carbocycles. The molecule has 2 atom stereocenters. The third-order valence-electron chi connectivity index (χ3n) is 5.21. The van der Waals surface area contributed by atoms with Crippen LogP contribution in [0.1, 0.15) is 19.4 Å². The molecular formula is C21H16Br2F4O2. The van der Waals surface area contributed by atoms with E-state index in [2.05, 4.69) is 31.9 Å². The Morgan fingerprint density at radius 2 is 1.72 bits per heavy atom. The molecule has 0 saturated heterocycles. The Balaban J connectivity index is 1.78. The predicted molar refractivity (Wildman–Crippen MR) is 108 cm³/mol. The van der Waals surface area contributed by atoms with Gasteiger partial charge in [0.25, 0.3) is 0 Å². The number of hydrogen-bond donors (Lipinski definition) is 0. The topological polar surface area (TPSA) is 26.3 Å². The van der Waals surface area contributed by atoms with Crippen molar-refractivity contribution >= 4 is 37.8 Å². The Morgan fingerprint density at radius 1 is 1.10 bits per heavy atom. The lowest BCUT2D eigenvalue weighted by Gasteiger charge is -2.11. The molecule has 154 valence electrons. The van der Waals surface area contributed by atoms with Gasteiger partial charge in [-0.25, -0.2) is 17.6 Å². The van der Waals surface area contributed by atoms with Crippen LogP contribution in [-0.4, -0.2) is 5.97 Å². The van der Waals surface area contributed by atoms with Crippen molar-refractivity contribution in [2.75, 3.05) is 0 Å². The van der Waals surface area contributed by atoms with Crippen molar-refractivity contribution < 1.29 is 27.1 Å². The van der Waals surface area contributed by atoms with Gasteiger partial charge in [0, 0.05) is 11.1 Å². The van der Waals surface area contributed by atoms with Crippen LogP contribution in [0.3, 0.4) is 0 Å². The van der Waals surface area contributed by atoms with Gasteiger partial charge in [-0.3, -0.25) is 4.79 Å². The molecule has 2 aromatic rings.